The maximum absolute atomic E-state index is 11.8. The fourth-order valence-corrected chi connectivity index (χ4v) is 1.89. The number of hydrogen-bond acceptors (Lipinski definition) is 3. The summed E-state index contributed by atoms with van der Waals surface area (Å²) in [5, 5.41) is 4.99. The number of likely N-dealkylation sites (N-methyl/N-ethyl adjacent to an activating group) is 1. The zero-order valence-corrected chi connectivity index (χ0v) is 13.3. The van der Waals surface area contributed by atoms with Crippen molar-refractivity contribution < 1.29 is 9.59 Å². The molecule has 0 aliphatic heterocycles. The molecule has 0 unspecified atom stereocenters. The third-order valence-electron chi connectivity index (χ3n) is 3.04. The molecular formula is C16H25N3O2. The molecule has 0 aliphatic carbocycles. The molecule has 21 heavy (non-hydrogen) atoms. The van der Waals surface area contributed by atoms with Crippen LogP contribution in [0.2, 0.25) is 0 Å². The molecule has 116 valence electrons. The molecule has 0 saturated heterocycles. The van der Waals surface area contributed by atoms with Gasteiger partial charge in [0.25, 0.3) is 0 Å². The van der Waals surface area contributed by atoms with Crippen molar-refractivity contribution in [3.8, 4) is 0 Å². The Bertz CT molecular complexity index is 486. The largest absolute Gasteiger partial charge is 0.338 e. The number of urea groups is 1. The van der Waals surface area contributed by atoms with E-state index >= 15 is 0 Å². The van der Waals surface area contributed by atoms with Crippen LogP contribution in [0.1, 0.15) is 25.0 Å². The first-order valence-electron chi connectivity index (χ1n) is 7.19. The molecule has 1 rings (SSSR count). The lowest BCUT2D eigenvalue weighted by molar-refractivity contribution is -0.120. The van der Waals surface area contributed by atoms with Gasteiger partial charge >= 0.3 is 6.03 Å². The van der Waals surface area contributed by atoms with E-state index in [0.29, 0.717) is 19.0 Å². The number of nitrogens with zero attached hydrogens (tertiary/aromatic N) is 1. The fourth-order valence-electron chi connectivity index (χ4n) is 1.89. The Morgan fingerprint density at radius 2 is 1.90 bits per heavy atom. The van der Waals surface area contributed by atoms with Gasteiger partial charge in [-0.25, -0.2) is 4.79 Å². The van der Waals surface area contributed by atoms with Gasteiger partial charge in [0.15, 0.2) is 0 Å². The number of amides is 3. The first kappa shape index (κ1) is 17.2. The van der Waals surface area contributed by atoms with Gasteiger partial charge in [0, 0.05) is 13.1 Å². The second kappa shape index (κ2) is 8.42. The van der Waals surface area contributed by atoms with Crippen LogP contribution in [-0.4, -0.2) is 37.0 Å². The van der Waals surface area contributed by atoms with Gasteiger partial charge in [-0.15, -0.1) is 0 Å². The number of carbonyl (C=O) groups is 2. The van der Waals surface area contributed by atoms with Gasteiger partial charge in [-0.3, -0.25) is 15.0 Å². The second-order valence-electron chi connectivity index (χ2n) is 5.75. The monoisotopic (exact) mass is 291 g/mol. The molecule has 1 aromatic rings. The van der Waals surface area contributed by atoms with Gasteiger partial charge in [-0.2, -0.15) is 0 Å². The highest BCUT2D eigenvalue weighted by Gasteiger charge is 2.11. The van der Waals surface area contributed by atoms with Gasteiger partial charge in [0.1, 0.15) is 0 Å². The average molecular weight is 291 g/mol. The Hall–Kier alpha value is -1.88. The summed E-state index contributed by atoms with van der Waals surface area (Å²) < 4.78 is 0. The number of aryl methyl sites for hydroxylation is 1. The van der Waals surface area contributed by atoms with Crippen LogP contribution >= 0.6 is 0 Å². The SMILES string of the molecule is Cc1ccccc1CN(C)CC(=O)NC(=O)NCC(C)C. The van der Waals surface area contributed by atoms with Gasteiger partial charge < -0.3 is 5.32 Å². The quantitative estimate of drug-likeness (QED) is 0.841. The van der Waals surface area contributed by atoms with Crippen LogP contribution in [0.25, 0.3) is 0 Å². The van der Waals surface area contributed by atoms with Crippen LogP contribution in [0.3, 0.4) is 0 Å². The van der Waals surface area contributed by atoms with Gasteiger partial charge in [-0.05, 0) is 31.0 Å². The van der Waals surface area contributed by atoms with Crippen LogP contribution in [0.4, 0.5) is 4.79 Å². The molecule has 0 aromatic heterocycles. The zero-order chi connectivity index (χ0) is 15.8. The van der Waals surface area contributed by atoms with Crippen molar-refractivity contribution in [2.45, 2.75) is 27.3 Å². The lowest BCUT2D eigenvalue weighted by Crippen LogP contribution is -2.44. The molecule has 0 atom stereocenters. The predicted molar refractivity (Wildman–Crippen MR) is 83.9 cm³/mol. The van der Waals surface area contributed by atoms with Crippen LogP contribution in [0.15, 0.2) is 24.3 Å². The van der Waals surface area contributed by atoms with Crippen molar-refractivity contribution in [2.75, 3.05) is 20.1 Å². The highest BCUT2D eigenvalue weighted by molar-refractivity contribution is 5.95. The molecule has 0 saturated carbocycles. The van der Waals surface area contributed by atoms with Crippen molar-refractivity contribution in [3.05, 3.63) is 35.4 Å². The summed E-state index contributed by atoms with van der Waals surface area (Å²) in [5.41, 5.74) is 2.37. The maximum atomic E-state index is 11.8. The molecule has 0 bridgehead atoms. The summed E-state index contributed by atoms with van der Waals surface area (Å²) in [6, 6.07) is 7.63. The lowest BCUT2D eigenvalue weighted by atomic mass is 10.1. The number of nitrogens with one attached hydrogen (secondary N) is 2. The number of hydrogen-bond donors (Lipinski definition) is 2. The van der Waals surface area contributed by atoms with Gasteiger partial charge in [0.05, 0.1) is 6.54 Å². The predicted octanol–water partition coefficient (Wildman–Crippen LogP) is 1.91. The van der Waals surface area contributed by atoms with Crippen LogP contribution in [0.5, 0.6) is 0 Å². The molecule has 1 aromatic carbocycles. The van der Waals surface area contributed by atoms with E-state index in [9.17, 15) is 9.59 Å². The highest BCUT2D eigenvalue weighted by atomic mass is 16.2. The standard InChI is InChI=1S/C16H25N3O2/c1-12(2)9-17-16(21)18-15(20)11-19(4)10-14-8-6-5-7-13(14)3/h5-8,12H,9-11H2,1-4H3,(H2,17,18,20,21). The van der Waals surface area contributed by atoms with E-state index in [1.165, 1.54) is 11.1 Å². The van der Waals surface area contributed by atoms with Crippen LogP contribution in [0, 0.1) is 12.8 Å². The Morgan fingerprint density at radius 3 is 2.52 bits per heavy atom. The van der Waals surface area contributed by atoms with Crippen molar-refractivity contribution >= 4 is 11.9 Å². The Kier molecular flexibility index (Phi) is 6.88. The topological polar surface area (TPSA) is 61.4 Å². The maximum Gasteiger partial charge on any atom is 0.321 e. The molecule has 2 N–H and O–H groups in total. The molecular weight excluding hydrogens is 266 g/mol. The lowest BCUT2D eigenvalue weighted by Gasteiger charge is -2.17. The number of imide groups is 1. The average Bonchev–Trinajstić information content (AvgIpc) is 2.38. The van der Waals surface area contributed by atoms with E-state index < -0.39 is 6.03 Å². The molecule has 5 nitrogen and oxygen atoms in total. The number of benzene rings is 1. The minimum Gasteiger partial charge on any atom is -0.338 e. The van der Waals surface area contributed by atoms with Crippen molar-refractivity contribution in [1.82, 2.24) is 15.5 Å². The molecule has 3 amide bonds. The molecule has 0 radical (unpaired) electrons. The summed E-state index contributed by atoms with van der Waals surface area (Å²) in [6.07, 6.45) is 0. The van der Waals surface area contributed by atoms with Crippen LogP contribution in [-0.2, 0) is 11.3 Å². The Labute approximate surface area is 126 Å². The molecule has 5 heteroatoms. The van der Waals surface area contributed by atoms with E-state index in [2.05, 4.69) is 10.6 Å². The Balaban J connectivity index is 2.37. The molecule has 0 aliphatic rings. The molecule has 0 fully saturated rings. The van der Waals surface area contributed by atoms with E-state index in [0.717, 1.165) is 0 Å². The van der Waals surface area contributed by atoms with Crippen LogP contribution < -0.4 is 10.6 Å². The first-order valence-corrected chi connectivity index (χ1v) is 7.19. The van der Waals surface area contributed by atoms with E-state index in [1.54, 1.807) is 0 Å². The summed E-state index contributed by atoms with van der Waals surface area (Å²) in [6.45, 7) is 7.45. The fraction of sp³-hybridized carbons (Fsp3) is 0.500. The van der Waals surface area contributed by atoms with E-state index in [4.69, 9.17) is 0 Å². The van der Waals surface area contributed by atoms with Gasteiger partial charge in [0.2, 0.25) is 5.91 Å². The summed E-state index contributed by atoms with van der Waals surface area (Å²) >= 11 is 0. The normalized spacial score (nSPS) is 10.8. The minimum absolute atomic E-state index is 0.184. The third kappa shape index (κ3) is 6.90. The van der Waals surface area contributed by atoms with Crippen molar-refractivity contribution in [1.29, 1.82) is 0 Å². The first-order chi connectivity index (χ1) is 9.88. The zero-order valence-electron chi connectivity index (χ0n) is 13.3. The van der Waals surface area contributed by atoms with Gasteiger partial charge in [-0.1, -0.05) is 38.1 Å². The smallest absolute Gasteiger partial charge is 0.321 e. The number of carbonyl (C=O) groups excluding carboxylic acids is 2. The Morgan fingerprint density at radius 1 is 1.24 bits per heavy atom. The van der Waals surface area contributed by atoms with E-state index in [1.807, 2.05) is 57.0 Å². The van der Waals surface area contributed by atoms with E-state index in [-0.39, 0.29) is 12.5 Å². The second-order valence-corrected chi connectivity index (χ2v) is 5.75. The third-order valence-corrected chi connectivity index (χ3v) is 3.04. The summed E-state index contributed by atoms with van der Waals surface area (Å²) in [7, 11) is 1.86. The number of rotatable bonds is 6. The van der Waals surface area contributed by atoms with Crippen molar-refractivity contribution in [3.63, 3.8) is 0 Å². The minimum atomic E-state index is -0.432. The summed E-state index contributed by atoms with van der Waals surface area (Å²) in [4.78, 5) is 25.1. The molecule has 0 heterocycles. The van der Waals surface area contributed by atoms with Crippen molar-refractivity contribution in [2.24, 2.45) is 5.92 Å². The molecule has 0 spiro atoms. The summed E-state index contributed by atoms with van der Waals surface area (Å²) in [5.74, 6) is 0.0573. The highest BCUT2D eigenvalue weighted by Crippen LogP contribution is 2.08.